The topological polar surface area (TPSA) is 90.1 Å². The van der Waals surface area contributed by atoms with Crippen LogP contribution < -0.4 is 10.1 Å². The molecular formula is C14H18N4O3. The molecule has 2 rings (SSSR count). The molecule has 0 spiro atoms. The molecule has 7 nitrogen and oxygen atoms in total. The molecule has 0 aliphatic carbocycles. The van der Waals surface area contributed by atoms with Gasteiger partial charge in [-0.15, -0.1) is 0 Å². The summed E-state index contributed by atoms with van der Waals surface area (Å²) in [7, 11) is 1.50. The largest absolute Gasteiger partial charge is 0.481 e. The Labute approximate surface area is 122 Å². The second-order valence-electron chi connectivity index (χ2n) is 4.97. The highest BCUT2D eigenvalue weighted by Crippen LogP contribution is 2.09. The van der Waals surface area contributed by atoms with E-state index in [0.29, 0.717) is 29.1 Å². The van der Waals surface area contributed by atoms with Crippen molar-refractivity contribution in [1.29, 1.82) is 0 Å². The van der Waals surface area contributed by atoms with Crippen molar-refractivity contribution in [3.8, 4) is 5.88 Å². The van der Waals surface area contributed by atoms with Gasteiger partial charge in [-0.05, 0) is 12.0 Å². The molecule has 0 aliphatic heterocycles. The van der Waals surface area contributed by atoms with E-state index in [9.17, 15) is 4.79 Å². The number of carbonyl (C=O) groups excluding carboxylic acids is 1. The molecular weight excluding hydrogens is 272 g/mol. The first-order chi connectivity index (χ1) is 10.1. The fourth-order valence-corrected chi connectivity index (χ4v) is 1.73. The molecule has 0 bridgehead atoms. The summed E-state index contributed by atoms with van der Waals surface area (Å²) in [6.45, 7) is 4.35. The molecule has 2 aromatic rings. The van der Waals surface area contributed by atoms with Crippen molar-refractivity contribution in [2.45, 2.75) is 26.8 Å². The Hall–Kier alpha value is -2.44. The molecule has 112 valence electrons. The lowest BCUT2D eigenvalue weighted by Gasteiger charge is -2.03. The Morgan fingerprint density at radius 3 is 3.00 bits per heavy atom. The van der Waals surface area contributed by atoms with Crippen LogP contribution in [0.5, 0.6) is 5.88 Å². The number of nitrogens with zero attached hydrogens (tertiary/aromatic N) is 3. The zero-order chi connectivity index (χ0) is 15.2. The molecule has 0 aliphatic rings. The SMILES string of the molecule is COc1cc(C(=O)NCc2nc(CC(C)C)no2)ccn1. The first-order valence-corrected chi connectivity index (χ1v) is 6.68. The maximum Gasteiger partial charge on any atom is 0.251 e. The minimum atomic E-state index is -0.251. The average molecular weight is 290 g/mol. The van der Waals surface area contributed by atoms with Gasteiger partial charge in [-0.2, -0.15) is 4.98 Å². The van der Waals surface area contributed by atoms with Crippen LogP contribution >= 0.6 is 0 Å². The van der Waals surface area contributed by atoms with Gasteiger partial charge in [-0.3, -0.25) is 4.79 Å². The molecule has 0 fully saturated rings. The quantitative estimate of drug-likeness (QED) is 0.869. The standard InChI is InChI=1S/C14H18N4O3/c1-9(2)6-11-17-13(21-18-11)8-16-14(19)10-4-5-15-12(7-10)20-3/h4-5,7,9H,6,8H2,1-3H3,(H,16,19). The van der Waals surface area contributed by atoms with E-state index in [-0.39, 0.29) is 12.5 Å². The molecule has 0 saturated carbocycles. The van der Waals surface area contributed by atoms with Crippen LogP contribution in [0.2, 0.25) is 0 Å². The van der Waals surface area contributed by atoms with Crippen molar-refractivity contribution in [2.24, 2.45) is 5.92 Å². The molecule has 0 atom stereocenters. The van der Waals surface area contributed by atoms with Crippen LogP contribution in [-0.2, 0) is 13.0 Å². The van der Waals surface area contributed by atoms with Gasteiger partial charge < -0.3 is 14.6 Å². The number of hydrogen-bond donors (Lipinski definition) is 1. The molecule has 2 aromatic heterocycles. The van der Waals surface area contributed by atoms with Gasteiger partial charge in [0, 0.05) is 24.2 Å². The molecule has 0 radical (unpaired) electrons. The van der Waals surface area contributed by atoms with Crippen molar-refractivity contribution in [2.75, 3.05) is 7.11 Å². The van der Waals surface area contributed by atoms with E-state index in [1.54, 1.807) is 12.1 Å². The predicted octanol–water partition coefficient (Wildman–Crippen LogP) is 1.60. The number of amides is 1. The average Bonchev–Trinajstić information content (AvgIpc) is 2.91. The molecule has 0 aromatic carbocycles. The second-order valence-corrected chi connectivity index (χ2v) is 4.97. The highest BCUT2D eigenvalue weighted by atomic mass is 16.5. The Bertz CT molecular complexity index is 610. The first-order valence-electron chi connectivity index (χ1n) is 6.68. The molecule has 0 unspecified atom stereocenters. The Morgan fingerprint density at radius 2 is 2.29 bits per heavy atom. The van der Waals surface area contributed by atoms with Crippen LogP contribution in [0.4, 0.5) is 0 Å². The molecule has 0 saturated heterocycles. The van der Waals surface area contributed by atoms with E-state index in [0.717, 1.165) is 6.42 Å². The van der Waals surface area contributed by atoms with Crippen molar-refractivity contribution >= 4 is 5.91 Å². The van der Waals surface area contributed by atoms with Gasteiger partial charge in [0.1, 0.15) is 0 Å². The maximum atomic E-state index is 12.0. The minimum Gasteiger partial charge on any atom is -0.481 e. The predicted molar refractivity (Wildman–Crippen MR) is 74.8 cm³/mol. The summed E-state index contributed by atoms with van der Waals surface area (Å²) >= 11 is 0. The zero-order valence-corrected chi connectivity index (χ0v) is 12.3. The number of methoxy groups -OCH3 is 1. The summed E-state index contributed by atoms with van der Waals surface area (Å²) in [6.07, 6.45) is 2.26. The molecule has 1 N–H and O–H groups in total. The van der Waals surface area contributed by atoms with E-state index in [2.05, 4.69) is 34.3 Å². The van der Waals surface area contributed by atoms with Gasteiger partial charge in [0.2, 0.25) is 11.8 Å². The lowest BCUT2D eigenvalue weighted by atomic mass is 10.1. The highest BCUT2D eigenvalue weighted by Gasteiger charge is 2.11. The third kappa shape index (κ3) is 4.27. The van der Waals surface area contributed by atoms with Gasteiger partial charge >= 0.3 is 0 Å². The van der Waals surface area contributed by atoms with Crippen LogP contribution in [-0.4, -0.2) is 28.1 Å². The monoisotopic (exact) mass is 290 g/mol. The van der Waals surface area contributed by atoms with Gasteiger partial charge in [-0.1, -0.05) is 19.0 Å². The number of carbonyl (C=O) groups is 1. The molecule has 7 heteroatoms. The minimum absolute atomic E-state index is 0.189. The Balaban J connectivity index is 1.92. The lowest BCUT2D eigenvalue weighted by Crippen LogP contribution is -2.23. The fourth-order valence-electron chi connectivity index (χ4n) is 1.73. The third-order valence-electron chi connectivity index (χ3n) is 2.71. The molecule has 21 heavy (non-hydrogen) atoms. The summed E-state index contributed by atoms with van der Waals surface area (Å²) in [5, 5.41) is 6.58. The summed E-state index contributed by atoms with van der Waals surface area (Å²) in [5.41, 5.74) is 0.462. The first kappa shape index (κ1) is 15.0. The molecule has 2 heterocycles. The third-order valence-corrected chi connectivity index (χ3v) is 2.71. The number of ether oxygens (including phenoxy) is 1. The van der Waals surface area contributed by atoms with Gasteiger partial charge in [0.15, 0.2) is 5.82 Å². The zero-order valence-electron chi connectivity index (χ0n) is 12.3. The number of rotatable bonds is 6. The van der Waals surface area contributed by atoms with E-state index < -0.39 is 0 Å². The van der Waals surface area contributed by atoms with Crippen molar-refractivity contribution in [3.05, 3.63) is 35.6 Å². The second kappa shape index (κ2) is 6.83. The van der Waals surface area contributed by atoms with Gasteiger partial charge in [0.05, 0.1) is 13.7 Å². The highest BCUT2D eigenvalue weighted by molar-refractivity contribution is 5.94. The summed E-state index contributed by atoms with van der Waals surface area (Å²) < 4.78 is 10.1. The number of nitrogens with one attached hydrogen (secondary N) is 1. The number of hydrogen-bond acceptors (Lipinski definition) is 6. The maximum absolute atomic E-state index is 12.0. The van der Waals surface area contributed by atoms with Crippen molar-refractivity contribution in [1.82, 2.24) is 20.4 Å². The fraction of sp³-hybridized carbons (Fsp3) is 0.429. The lowest BCUT2D eigenvalue weighted by molar-refractivity contribution is 0.0945. The smallest absolute Gasteiger partial charge is 0.251 e. The van der Waals surface area contributed by atoms with Crippen LogP contribution in [0.15, 0.2) is 22.9 Å². The Kier molecular flexibility index (Phi) is 4.86. The van der Waals surface area contributed by atoms with Crippen LogP contribution in [0, 0.1) is 5.92 Å². The summed E-state index contributed by atoms with van der Waals surface area (Å²) in [5.74, 6) is 1.63. The van der Waals surface area contributed by atoms with E-state index >= 15 is 0 Å². The van der Waals surface area contributed by atoms with Gasteiger partial charge in [-0.25, -0.2) is 4.98 Å². The van der Waals surface area contributed by atoms with E-state index in [4.69, 9.17) is 9.26 Å². The van der Waals surface area contributed by atoms with Crippen LogP contribution in [0.25, 0.3) is 0 Å². The Morgan fingerprint density at radius 1 is 1.48 bits per heavy atom. The van der Waals surface area contributed by atoms with Crippen molar-refractivity contribution < 1.29 is 14.1 Å². The van der Waals surface area contributed by atoms with Crippen LogP contribution in [0.3, 0.4) is 0 Å². The number of aromatic nitrogens is 3. The van der Waals surface area contributed by atoms with Gasteiger partial charge in [0.25, 0.3) is 5.91 Å². The summed E-state index contributed by atoms with van der Waals surface area (Å²) in [6, 6.07) is 3.17. The molecule has 1 amide bonds. The number of pyridine rings is 1. The van der Waals surface area contributed by atoms with Crippen molar-refractivity contribution in [3.63, 3.8) is 0 Å². The van der Waals surface area contributed by atoms with Crippen LogP contribution in [0.1, 0.15) is 35.9 Å². The van der Waals surface area contributed by atoms with E-state index in [1.807, 2.05) is 0 Å². The summed E-state index contributed by atoms with van der Waals surface area (Å²) in [4.78, 5) is 20.2. The normalized spacial score (nSPS) is 10.7. The van der Waals surface area contributed by atoms with E-state index in [1.165, 1.54) is 13.3 Å².